The maximum atomic E-state index is 13.0. The lowest BCUT2D eigenvalue weighted by Gasteiger charge is -2.15. The van der Waals surface area contributed by atoms with E-state index < -0.39 is 0 Å². The Morgan fingerprint density at radius 2 is 2.00 bits per heavy atom. The Morgan fingerprint density at radius 3 is 2.74 bits per heavy atom. The fourth-order valence-electron chi connectivity index (χ4n) is 4.35. The van der Waals surface area contributed by atoms with Crippen molar-refractivity contribution in [2.24, 2.45) is 13.0 Å². The average Bonchev–Trinajstić information content (AvgIpc) is 3.55. The third kappa shape index (κ3) is 5.07. The van der Waals surface area contributed by atoms with Crippen molar-refractivity contribution in [3.05, 3.63) is 54.2 Å². The van der Waals surface area contributed by atoms with Crippen LogP contribution in [0.2, 0.25) is 0 Å². The Morgan fingerprint density at radius 1 is 1.14 bits per heavy atom. The van der Waals surface area contributed by atoms with Crippen molar-refractivity contribution in [2.45, 2.75) is 20.3 Å². The fraction of sp³-hybridized carbons (Fsp3) is 0.320. The molecule has 0 aliphatic carbocycles. The number of nitrogens with one attached hydrogen (secondary N) is 3. The van der Waals surface area contributed by atoms with Crippen LogP contribution in [0.15, 0.2) is 43.0 Å². The first-order chi connectivity index (χ1) is 16.8. The standard InChI is InChI=1S/C25H28N8O2/c1-15-4-5-33(12-15)14-23(34)29-20-8-21(16(2)26-11-20)31-25(35)18-6-17-7-22(30-24(17)27-9-18)19-10-28-32(3)13-19/h6-11,13,15H,4-5,12,14H2,1-3H3,(H,27,30)(H,29,34)(H,31,35)/t15-/m0/s1. The van der Waals surface area contributed by atoms with Gasteiger partial charge in [0.25, 0.3) is 5.91 Å². The first-order valence-corrected chi connectivity index (χ1v) is 11.6. The molecule has 2 amide bonds. The molecule has 0 bridgehead atoms. The monoisotopic (exact) mass is 472 g/mol. The van der Waals surface area contributed by atoms with Gasteiger partial charge in [-0.3, -0.25) is 24.2 Å². The number of H-pyrrole nitrogens is 1. The molecule has 1 aliphatic rings. The van der Waals surface area contributed by atoms with Crippen LogP contribution in [0.4, 0.5) is 11.4 Å². The van der Waals surface area contributed by atoms with Crippen LogP contribution in [0.25, 0.3) is 22.3 Å². The predicted octanol–water partition coefficient (Wildman–Crippen LogP) is 3.20. The molecule has 0 unspecified atom stereocenters. The minimum Gasteiger partial charge on any atom is -0.339 e. The number of fused-ring (bicyclic) bond motifs is 1. The quantitative estimate of drug-likeness (QED) is 0.396. The summed E-state index contributed by atoms with van der Waals surface area (Å²) in [5.41, 5.74) is 4.67. The molecular weight excluding hydrogens is 444 g/mol. The number of likely N-dealkylation sites (tertiary alicyclic amines) is 1. The first-order valence-electron chi connectivity index (χ1n) is 11.6. The Hall–Kier alpha value is -4.05. The molecule has 5 rings (SSSR count). The molecule has 0 radical (unpaired) electrons. The first kappa shape index (κ1) is 22.7. The van der Waals surface area contributed by atoms with E-state index in [1.54, 1.807) is 36.1 Å². The molecule has 35 heavy (non-hydrogen) atoms. The lowest BCUT2D eigenvalue weighted by molar-refractivity contribution is -0.117. The number of hydrogen-bond donors (Lipinski definition) is 3. The molecule has 0 aromatic carbocycles. The van der Waals surface area contributed by atoms with E-state index in [-0.39, 0.29) is 11.8 Å². The number of aryl methyl sites for hydroxylation is 2. The Balaban J connectivity index is 1.28. The van der Waals surface area contributed by atoms with Gasteiger partial charge >= 0.3 is 0 Å². The number of hydrogen-bond acceptors (Lipinski definition) is 6. The van der Waals surface area contributed by atoms with Gasteiger partial charge < -0.3 is 15.6 Å². The van der Waals surface area contributed by atoms with Gasteiger partial charge in [0.15, 0.2) is 0 Å². The van der Waals surface area contributed by atoms with Gasteiger partial charge in [-0.25, -0.2) is 4.98 Å². The normalized spacial score (nSPS) is 16.0. The van der Waals surface area contributed by atoms with Gasteiger partial charge in [0.05, 0.1) is 47.3 Å². The molecule has 1 atom stereocenters. The molecule has 180 valence electrons. The van der Waals surface area contributed by atoms with Crippen molar-refractivity contribution in [3.8, 4) is 11.3 Å². The van der Waals surface area contributed by atoms with Crippen LogP contribution in [-0.2, 0) is 11.8 Å². The summed E-state index contributed by atoms with van der Waals surface area (Å²) in [4.78, 5) is 39.6. The van der Waals surface area contributed by atoms with Crippen molar-refractivity contribution in [1.29, 1.82) is 0 Å². The summed E-state index contributed by atoms with van der Waals surface area (Å²) >= 11 is 0. The number of aromatic nitrogens is 5. The van der Waals surface area contributed by atoms with Crippen LogP contribution < -0.4 is 10.6 Å². The van der Waals surface area contributed by atoms with E-state index in [1.807, 2.05) is 19.3 Å². The second-order valence-corrected chi connectivity index (χ2v) is 9.24. The Labute approximate surface area is 202 Å². The molecule has 3 N–H and O–H groups in total. The molecule has 10 heteroatoms. The van der Waals surface area contributed by atoms with Gasteiger partial charge in [-0.15, -0.1) is 0 Å². The van der Waals surface area contributed by atoms with E-state index in [0.29, 0.717) is 40.7 Å². The predicted molar refractivity (Wildman–Crippen MR) is 134 cm³/mol. The van der Waals surface area contributed by atoms with E-state index >= 15 is 0 Å². The number of pyridine rings is 2. The van der Waals surface area contributed by atoms with Crippen LogP contribution in [0.5, 0.6) is 0 Å². The van der Waals surface area contributed by atoms with Crippen LogP contribution in [0.3, 0.4) is 0 Å². The molecule has 4 aromatic rings. The average molecular weight is 473 g/mol. The molecule has 1 saturated heterocycles. The molecule has 10 nitrogen and oxygen atoms in total. The van der Waals surface area contributed by atoms with Crippen LogP contribution >= 0.6 is 0 Å². The third-order valence-corrected chi connectivity index (χ3v) is 6.24. The minimum absolute atomic E-state index is 0.0893. The number of rotatable bonds is 6. The van der Waals surface area contributed by atoms with Crippen molar-refractivity contribution in [2.75, 3.05) is 30.3 Å². The lowest BCUT2D eigenvalue weighted by atomic mass is 10.2. The van der Waals surface area contributed by atoms with E-state index in [1.165, 1.54) is 6.20 Å². The van der Waals surface area contributed by atoms with Gasteiger partial charge in [-0.2, -0.15) is 5.10 Å². The smallest absolute Gasteiger partial charge is 0.257 e. The van der Waals surface area contributed by atoms with Gasteiger partial charge in [0, 0.05) is 36.9 Å². The van der Waals surface area contributed by atoms with E-state index in [0.717, 1.165) is 36.2 Å². The minimum atomic E-state index is -0.303. The number of carbonyl (C=O) groups is 2. The second kappa shape index (κ2) is 9.30. The highest BCUT2D eigenvalue weighted by Gasteiger charge is 2.21. The molecule has 0 spiro atoms. The maximum Gasteiger partial charge on any atom is 0.257 e. The van der Waals surface area contributed by atoms with Crippen LogP contribution in [-0.4, -0.2) is 61.1 Å². The molecular formula is C25H28N8O2. The summed E-state index contributed by atoms with van der Waals surface area (Å²) in [6, 6.07) is 5.47. The highest BCUT2D eigenvalue weighted by atomic mass is 16.2. The van der Waals surface area contributed by atoms with Gasteiger partial charge in [-0.1, -0.05) is 6.92 Å². The van der Waals surface area contributed by atoms with Crippen molar-refractivity contribution < 1.29 is 9.59 Å². The zero-order valence-corrected chi connectivity index (χ0v) is 20.0. The van der Waals surface area contributed by atoms with Crippen molar-refractivity contribution in [3.63, 3.8) is 0 Å². The largest absolute Gasteiger partial charge is 0.339 e. The van der Waals surface area contributed by atoms with E-state index in [2.05, 4.69) is 42.5 Å². The zero-order chi connectivity index (χ0) is 24.5. The summed E-state index contributed by atoms with van der Waals surface area (Å²) in [6.45, 7) is 6.22. The third-order valence-electron chi connectivity index (χ3n) is 6.24. The fourth-order valence-corrected chi connectivity index (χ4v) is 4.35. The van der Waals surface area contributed by atoms with Crippen molar-refractivity contribution >= 4 is 34.2 Å². The molecule has 5 heterocycles. The van der Waals surface area contributed by atoms with E-state index in [4.69, 9.17) is 0 Å². The lowest BCUT2D eigenvalue weighted by Crippen LogP contribution is -2.31. The summed E-state index contributed by atoms with van der Waals surface area (Å²) in [5, 5.41) is 10.8. The summed E-state index contributed by atoms with van der Waals surface area (Å²) < 4.78 is 1.73. The zero-order valence-electron chi connectivity index (χ0n) is 20.0. The van der Waals surface area contributed by atoms with Gasteiger partial charge in [0.2, 0.25) is 5.91 Å². The Bertz CT molecular complexity index is 1410. The van der Waals surface area contributed by atoms with Gasteiger partial charge in [-0.05, 0) is 44.0 Å². The Kier molecular flexibility index (Phi) is 6.04. The SMILES string of the molecule is Cc1ncc(NC(=O)CN2CC[C@H](C)C2)cc1NC(=O)c1cnc2[nH]c(-c3cnn(C)c3)cc2c1. The van der Waals surface area contributed by atoms with E-state index in [9.17, 15) is 9.59 Å². The summed E-state index contributed by atoms with van der Waals surface area (Å²) in [5.74, 6) is 0.226. The number of carbonyl (C=O) groups excluding carboxylic acids is 2. The summed E-state index contributed by atoms with van der Waals surface area (Å²) in [6.07, 6.45) is 7.93. The topological polar surface area (TPSA) is 121 Å². The van der Waals surface area contributed by atoms with Crippen molar-refractivity contribution in [1.82, 2.24) is 29.6 Å². The highest BCUT2D eigenvalue weighted by Crippen LogP contribution is 2.24. The summed E-state index contributed by atoms with van der Waals surface area (Å²) in [7, 11) is 1.86. The molecule has 4 aromatic heterocycles. The number of aromatic amines is 1. The maximum absolute atomic E-state index is 13.0. The molecule has 1 fully saturated rings. The van der Waals surface area contributed by atoms with Crippen LogP contribution in [0, 0.1) is 12.8 Å². The molecule has 0 saturated carbocycles. The number of nitrogens with zero attached hydrogens (tertiary/aromatic N) is 5. The van der Waals surface area contributed by atoms with Gasteiger partial charge in [0.1, 0.15) is 5.65 Å². The number of amides is 2. The number of anilines is 2. The second-order valence-electron chi connectivity index (χ2n) is 9.24. The molecule has 1 aliphatic heterocycles. The van der Waals surface area contributed by atoms with Crippen LogP contribution in [0.1, 0.15) is 29.4 Å². The highest BCUT2D eigenvalue weighted by molar-refractivity contribution is 6.06.